The first kappa shape index (κ1) is 13.8. The molecule has 2 aromatic heterocycles. The number of aryl methyl sites for hydroxylation is 1. The molecule has 3 heterocycles. The molecule has 6 nitrogen and oxygen atoms in total. The van der Waals surface area contributed by atoms with Gasteiger partial charge in [0.05, 0.1) is 11.8 Å². The number of amides is 1. The van der Waals surface area contributed by atoms with E-state index in [-0.39, 0.29) is 5.91 Å². The Bertz CT molecular complexity index is 651. The molecular weight excluding hydrogens is 266 g/mol. The first-order chi connectivity index (χ1) is 10.1. The molecule has 1 aliphatic rings. The highest BCUT2D eigenvalue weighted by molar-refractivity contribution is 5.95. The fraction of sp³-hybridized carbons (Fsp3) is 0.400. The van der Waals surface area contributed by atoms with Crippen LogP contribution in [0.25, 0.3) is 11.1 Å². The number of hydrogen-bond acceptors (Lipinski definition) is 4. The monoisotopic (exact) mass is 285 g/mol. The number of carbonyl (C=O) groups is 1. The maximum absolute atomic E-state index is 12.6. The van der Waals surface area contributed by atoms with Crippen molar-refractivity contribution < 1.29 is 4.79 Å². The molecule has 21 heavy (non-hydrogen) atoms. The number of nitrogens with one attached hydrogen (secondary N) is 1. The second-order valence-electron chi connectivity index (χ2n) is 5.47. The summed E-state index contributed by atoms with van der Waals surface area (Å²) >= 11 is 0. The van der Waals surface area contributed by atoms with Gasteiger partial charge in [0.1, 0.15) is 0 Å². The minimum absolute atomic E-state index is 0.0431. The Morgan fingerprint density at radius 2 is 2.19 bits per heavy atom. The molecule has 0 radical (unpaired) electrons. The van der Waals surface area contributed by atoms with E-state index in [1.807, 2.05) is 24.2 Å². The Morgan fingerprint density at radius 1 is 1.33 bits per heavy atom. The molecule has 1 atom stereocenters. The first-order valence-corrected chi connectivity index (χ1v) is 7.10. The van der Waals surface area contributed by atoms with Crippen LogP contribution in [0.15, 0.2) is 30.9 Å². The molecule has 1 N–H and O–H groups in total. The molecule has 2 aromatic rings. The number of aromatic nitrogens is 3. The molecule has 1 amide bonds. The van der Waals surface area contributed by atoms with E-state index in [0.29, 0.717) is 11.6 Å². The van der Waals surface area contributed by atoms with Gasteiger partial charge < -0.3 is 10.2 Å². The summed E-state index contributed by atoms with van der Waals surface area (Å²) in [7, 11) is 1.87. The van der Waals surface area contributed by atoms with Crippen molar-refractivity contribution in [2.45, 2.75) is 13.0 Å². The van der Waals surface area contributed by atoms with Gasteiger partial charge in [-0.3, -0.25) is 14.5 Å². The molecule has 0 aliphatic carbocycles. The highest BCUT2D eigenvalue weighted by Gasteiger charge is 2.22. The molecule has 1 aliphatic heterocycles. The van der Waals surface area contributed by atoms with Crippen LogP contribution in [0.5, 0.6) is 0 Å². The lowest BCUT2D eigenvalue weighted by Gasteiger charge is -2.31. The van der Waals surface area contributed by atoms with Gasteiger partial charge >= 0.3 is 0 Å². The van der Waals surface area contributed by atoms with Crippen molar-refractivity contribution in [3.05, 3.63) is 36.4 Å². The molecule has 110 valence electrons. The van der Waals surface area contributed by atoms with Crippen LogP contribution < -0.4 is 5.32 Å². The highest BCUT2D eigenvalue weighted by Crippen LogP contribution is 2.19. The maximum atomic E-state index is 12.6. The van der Waals surface area contributed by atoms with Crippen LogP contribution in [0.2, 0.25) is 0 Å². The van der Waals surface area contributed by atoms with Gasteiger partial charge in [-0.2, -0.15) is 5.10 Å². The Balaban J connectivity index is 1.84. The average molecular weight is 285 g/mol. The molecule has 0 aromatic carbocycles. The van der Waals surface area contributed by atoms with Crippen molar-refractivity contribution in [1.82, 2.24) is 25.0 Å². The second-order valence-corrected chi connectivity index (χ2v) is 5.47. The van der Waals surface area contributed by atoms with Gasteiger partial charge in [0.2, 0.25) is 0 Å². The first-order valence-electron chi connectivity index (χ1n) is 7.10. The lowest BCUT2D eigenvalue weighted by molar-refractivity contribution is 0.0708. The maximum Gasteiger partial charge on any atom is 0.255 e. The summed E-state index contributed by atoms with van der Waals surface area (Å²) < 4.78 is 1.74. The third kappa shape index (κ3) is 2.95. The Morgan fingerprint density at radius 3 is 2.90 bits per heavy atom. The largest absolute Gasteiger partial charge is 0.336 e. The fourth-order valence-corrected chi connectivity index (χ4v) is 2.58. The second kappa shape index (κ2) is 5.65. The van der Waals surface area contributed by atoms with Crippen molar-refractivity contribution in [2.75, 3.05) is 19.6 Å². The minimum Gasteiger partial charge on any atom is -0.336 e. The number of piperazine rings is 1. The van der Waals surface area contributed by atoms with Crippen molar-refractivity contribution in [2.24, 2.45) is 7.05 Å². The smallest absolute Gasteiger partial charge is 0.255 e. The number of rotatable bonds is 2. The summed E-state index contributed by atoms with van der Waals surface area (Å²) in [5.74, 6) is 0.0431. The van der Waals surface area contributed by atoms with Crippen molar-refractivity contribution in [1.29, 1.82) is 0 Å². The predicted molar refractivity (Wildman–Crippen MR) is 79.8 cm³/mol. The zero-order valence-corrected chi connectivity index (χ0v) is 12.3. The van der Waals surface area contributed by atoms with Crippen LogP contribution in [-0.4, -0.2) is 51.2 Å². The quantitative estimate of drug-likeness (QED) is 0.891. The molecule has 0 bridgehead atoms. The lowest BCUT2D eigenvalue weighted by Crippen LogP contribution is -2.51. The third-order valence-corrected chi connectivity index (χ3v) is 3.68. The summed E-state index contributed by atoms with van der Waals surface area (Å²) in [5.41, 5.74) is 2.51. The van der Waals surface area contributed by atoms with E-state index >= 15 is 0 Å². The molecular formula is C15H19N5O. The Kier molecular flexibility index (Phi) is 3.70. The number of pyridine rings is 1. The van der Waals surface area contributed by atoms with Crippen LogP contribution in [0.4, 0.5) is 0 Å². The van der Waals surface area contributed by atoms with Crippen molar-refractivity contribution >= 4 is 5.91 Å². The summed E-state index contributed by atoms with van der Waals surface area (Å²) in [5, 5.41) is 7.49. The van der Waals surface area contributed by atoms with E-state index < -0.39 is 0 Å². The van der Waals surface area contributed by atoms with Gasteiger partial charge in [0.15, 0.2) is 0 Å². The minimum atomic E-state index is 0.0431. The molecule has 0 saturated carbocycles. The van der Waals surface area contributed by atoms with Crippen molar-refractivity contribution in [3.8, 4) is 11.1 Å². The van der Waals surface area contributed by atoms with Crippen LogP contribution in [0, 0.1) is 0 Å². The van der Waals surface area contributed by atoms with E-state index in [0.717, 1.165) is 30.8 Å². The Labute approximate surface area is 123 Å². The van der Waals surface area contributed by atoms with Gasteiger partial charge in [0, 0.05) is 62.4 Å². The highest BCUT2D eigenvalue weighted by atomic mass is 16.2. The van der Waals surface area contributed by atoms with E-state index in [9.17, 15) is 4.79 Å². The zero-order chi connectivity index (χ0) is 14.8. The summed E-state index contributed by atoms with van der Waals surface area (Å²) in [6.45, 7) is 4.39. The van der Waals surface area contributed by atoms with E-state index in [1.54, 1.807) is 23.3 Å². The van der Waals surface area contributed by atoms with Gasteiger partial charge in [-0.15, -0.1) is 0 Å². The topological polar surface area (TPSA) is 63.1 Å². The lowest BCUT2D eigenvalue weighted by atomic mass is 10.1. The van der Waals surface area contributed by atoms with E-state index in [1.165, 1.54) is 0 Å². The third-order valence-electron chi connectivity index (χ3n) is 3.68. The Hall–Kier alpha value is -2.21. The molecule has 1 saturated heterocycles. The summed E-state index contributed by atoms with van der Waals surface area (Å²) in [6, 6.07) is 2.22. The van der Waals surface area contributed by atoms with Crippen molar-refractivity contribution in [3.63, 3.8) is 0 Å². The van der Waals surface area contributed by atoms with Gasteiger partial charge in [-0.1, -0.05) is 0 Å². The molecule has 0 spiro atoms. The van der Waals surface area contributed by atoms with Crippen LogP contribution in [0.3, 0.4) is 0 Å². The summed E-state index contributed by atoms with van der Waals surface area (Å²) in [4.78, 5) is 18.7. The van der Waals surface area contributed by atoms with Crippen LogP contribution >= 0.6 is 0 Å². The fourth-order valence-electron chi connectivity index (χ4n) is 2.58. The van der Waals surface area contributed by atoms with Gasteiger partial charge in [-0.25, -0.2) is 0 Å². The normalized spacial score (nSPS) is 18.8. The number of hydrogen-bond donors (Lipinski definition) is 1. The average Bonchev–Trinajstić information content (AvgIpc) is 2.93. The molecule has 1 fully saturated rings. The molecule has 3 rings (SSSR count). The number of carbonyl (C=O) groups excluding carboxylic acids is 1. The van der Waals surface area contributed by atoms with Crippen LogP contribution in [0.1, 0.15) is 17.3 Å². The summed E-state index contributed by atoms with van der Waals surface area (Å²) in [6.07, 6.45) is 7.08. The molecule has 6 heteroatoms. The van der Waals surface area contributed by atoms with E-state index in [2.05, 4.69) is 22.3 Å². The standard InChI is InChI=1S/C15H19N5O/c1-11-9-20(4-3-17-11)15(21)13-5-12(6-16-7-13)14-8-18-19(2)10-14/h5-8,10-11,17H,3-4,9H2,1-2H3/t11-/m1/s1. The van der Waals surface area contributed by atoms with Crippen LogP contribution in [-0.2, 0) is 7.05 Å². The van der Waals surface area contributed by atoms with Gasteiger partial charge in [-0.05, 0) is 13.0 Å². The van der Waals surface area contributed by atoms with E-state index in [4.69, 9.17) is 0 Å². The predicted octanol–water partition coefficient (Wildman–Crippen LogP) is 0.916. The molecule has 0 unspecified atom stereocenters. The SMILES string of the molecule is C[C@@H]1CN(C(=O)c2cncc(-c3cnn(C)c3)c2)CCN1. The van der Waals surface area contributed by atoms with Gasteiger partial charge in [0.25, 0.3) is 5.91 Å². The number of nitrogens with zero attached hydrogens (tertiary/aromatic N) is 4. The zero-order valence-electron chi connectivity index (χ0n) is 12.3.